The summed E-state index contributed by atoms with van der Waals surface area (Å²) in [6, 6.07) is 4.85. The normalized spacial score (nSPS) is 16.3. The number of aryl methyl sites for hydroxylation is 2. The summed E-state index contributed by atoms with van der Waals surface area (Å²) >= 11 is 6.11. The van der Waals surface area contributed by atoms with E-state index in [9.17, 15) is 4.39 Å². The molecule has 2 heterocycles. The van der Waals surface area contributed by atoms with E-state index >= 15 is 0 Å². The van der Waals surface area contributed by atoms with Crippen molar-refractivity contribution in [3.05, 3.63) is 46.0 Å². The number of piperazine rings is 1. The Labute approximate surface area is 134 Å². The summed E-state index contributed by atoms with van der Waals surface area (Å²) in [5.74, 6) is -0.226. The van der Waals surface area contributed by atoms with Gasteiger partial charge in [0, 0.05) is 43.3 Å². The lowest BCUT2D eigenvalue weighted by atomic mass is 10.1. The number of hydrogen-bond acceptors (Lipinski definition) is 3. The summed E-state index contributed by atoms with van der Waals surface area (Å²) < 4.78 is 13.9. The third-order valence-electron chi connectivity index (χ3n) is 4.22. The largest absolute Gasteiger partial charge is 0.366 e. The van der Waals surface area contributed by atoms with Gasteiger partial charge in [-0.2, -0.15) is 5.10 Å². The average Bonchev–Trinajstić information content (AvgIpc) is 2.83. The molecule has 1 aromatic carbocycles. The van der Waals surface area contributed by atoms with Gasteiger partial charge in [0.2, 0.25) is 0 Å². The minimum Gasteiger partial charge on any atom is -0.366 e. The third kappa shape index (κ3) is 2.96. The van der Waals surface area contributed by atoms with E-state index in [1.165, 1.54) is 11.8 Å². The Morgan fingerprint density at radius 1 is 1.23 bits per heavy atom. The van der Waals surface area contributed by atoms with Gasteiger partial charge in [0.1, 0.15) is 5.82 Å². The van der Waals surface area contributed by atoms with Crippen LogP contribution in [0.3, 0.4) is 0 Å². The molecule has 0 unspecified atom stereocenters. The number of benzene rings is 1. The highest BCUT2D eigenvalue weighted by atomic mass is 35.5. The first-order valence-corrected chi connectivity index (χ1v) is 7.86. The molecule has 0 bridgehead atoms. The molecule has 1 N–H and O–H groups in total. The summed E-state index contributed by atoms with van der Waals surface area (Å²) in [6.45, 7) is 8.21. The van der Waals surface area contributed by atoms with Gasteiger partial charge in [-0.05, 0) is 26.0 Å². The van der Waals surface area contributed by atoms with Gasteiger partial charge < -0.3 is 4.90 Å². The molecule has 118 valence electrons. The van der Waals surface area contributed by atoms with Crippen molar-refractivity contribution in [2.24, 2.45) is 0 Å². The van der Waals surface area contributed by atoms with Crippen LogP contribution in [0.5, 0.6) is 0 Å². The van der Waals surface area contributed by atoms with Crippen LogP contribution in [0.25, 0.3) is 0 Å². The van der Waals surface area contributed by atoms with Crippen LogP contribution < -0.4 is 4.90 Å². The molecule has 1 saturated heterocycles. The molecular weight excluding hydrogens is 303 g/mol. The molecule has 1 fully saturated rings. The first kappa shape index (κ1) is 15.3. The standard InChI is InChI=1S/C16H20ClFN4/c1-11-16(12(2)20-19-11)22-8-6-21(7-9-22)10-13-14(17)4-3-5-15(13)18/h3-5H,6-10H2,1-2H3,(H,19,20). The lowest BCUT2D eigenvalue weighted by Gasteiger charge is -2.36. The lowest BCUT2D eigenvalue weighted by molar-refractivity contribution is 0.246. The van der Waals surface area contributed by atoms with Crippen LogP contribution in [0.1, 0.15) is 17.0 Å². The molecule has 0 radical (unpaired) electrons. The Kier molecular flexibility index (Phi) is 4.36. The number of H-pyrrole nitrogens is 1. The fraction of sp³-hybridized carbons (Fsp3) is 0.438. The number of anilines is 1. The van der Waals surface area contributed by atoms with Crippen LogP contribution in [-0.2, 0) is 6.54 Å². The maximum atomic E-state index is 13.9. The molecule has 0 aliphatic carbocycles. The molecule has 0 spiro atoms. The molecule has 1 aliphatic heterocycles. The second-order valence-electron chi connectivity index (χ2n) is 5.75. The van der Waals surface area contributed by atoms with Gasteiger partial charge in [0.15, 0.2) is 0 Å². The highest BCUT2D eigenvalue weighted by Crippen LogP contribution is 2.25. The van der Waals surface area contributed by atoms with Crippen LogP contribution in [0, 0.1) is 19.7 Å². The van der Waals surface area contributed by atoms with E-state index in [1.807, 2.05) is 13.8 Å². The van der Waals surface area contributed by atoms with Crippen molar-refractivity contribution in [3.8, 4) is 0 Å². The van der Waals surface area contributed by atoms with Gasteiger partial charge >= 0.3 is 0 Å². The highest BCUT2D eigenvalue weighted by Gasteiger charge is 2.22. The molecule has 22 heavy (non-hydrogen) atoms. The van der Waals surface area contributed by atoms with E-state index in [1.54, 1.807) is 12.1 Å². The molecule has 4 nitrogen and oxygen atoms in total. The van der Waals surface area contributed by atoms with Gasteiger partial charge in [-0.3, -0.25) is 10.00 Å². The zero-order valence-corrected chi connectivity index (χ0v) is 13.6. The Hall–Kier alpha value is -1.59. The second kappa shape index (κ2) is 6.26. The molecule has 2 aromatic rings. The first-order chi connectivity index (χ1) is 10.6. The Morgan fingerprint density at radius 3 is 2.55 bits per heavy atom. The summed E-state index contributed by atoms with van der Waals surface area (Å²) in [5.41, 5.74) is 3.92. The topological polar surface area (TPSA) is 35.2 Å². The van der Waals surface area contributed by atoms with E-state index in [4.69, 9.17) is 11.6 Å². The SMILES string of the molecule is Cc1n[nH]c(C)c1N1CCN(Cc2c(F)cccc2Cl)CC1. The zero-order valence-electron chi connectivity index (χ0n) is 12.9. The predicted molar refractivity (Wildman–Crippen MR) is 87.0 cm³/mol. The average molecular weight is 323 g/mol. The maximum absolute atomic E-state index is 13.9. The van der Waals surface area contributed by atoms with Crippen LogP contribution in [0.4, 0.5) is 10.1 Å². The fourth-order valence-electron chi connectivity index (χ4n) is 3.05. The summed E-state index contributed by atoms with van der Waals surface area (Å²) in [5, 5.41) is 7.79. The number of hydrogen-bond donors (Lipinski definition) is 1. The minimum absolute atomic E-state index is 0.226. The molecule has 1 aromatic heterocycles. The van der Waals surface area contributed by atoms with Crippen LogP contribution in [0.2, 0.25) is 5.02 Å². The van der Waals surface area contributed by atoms with Gasteiger partial charge in [0.25, 0.3) is 0 Å². The molecule has 0 saturated carbocycles. The van der Waals surface area contributed by atoms with Crippen molar-refractivity contribution in [3.63, 3.8) is 0 Å². The summed E-state index contributed by atoms with van der Waals surface area (Å²) in [4.78, 5) is 4.58. The van der Waals surface area contributed by atoms with E-state index in [0.717, 1.165) is 37.6 Å². The molecule has 3 rings (SSSR count). The van der Waals surface area contributed by atoms with Gasteiger partial charge in [-0.25, -0.2) is 4.39 Å². The molecular formula is C16H20ClFN4. The lowest BCUT2D eigenvalue weighted by Crippen LogP contribution is -2.46. The number of rotatable bonds is 3. The number of aromatic amines is 1. The van der Waals surface area contributed by atoms with Crippen LogP contribution in [0.15, 0.2) is 18.2 Å². The van der Waals surface area contributed by atoms with Crippen molar-refractivity contribution < 1.29 is 4.39 Å². The number of halogens is 2. The quantitative estimate of drug-likeness (QED) is 0.943. The van der Waals surface area contributed by atoms with Crippen molar-refractivity contribution in [1.82, 2.24) is 15.1 Å². The number of nitrogens with zero attached hydrogens (tertiary/aromatic N) is 3. The smallest absolute Gasteiger partial charge is 0.129 e. The molecule has 6 heteroatoms. The van der Waals surface area contributed by atoms with E-state index in [2.05, 4.69) is 20.0 Å². The maximum Gasteiger partial charge on any atom is 0.129 e. The summed E-state index contributed by atoms with van der Waals surface area (Å²) in [6.07, 6.45) is 0. The van der Waals surface area contributed by atoms with Crippen LogP contribution in [-0.4, -0.2) is 41.3 Å². The zero-order chi connectivity index (χ0) is 15.7. The van der Waals surface area contributed by atoms with Crippen molar-refractivity contribution in [2.75, 3.05) is 31.1 Å². The summed E-state index contributed by atoms with van der Waals surface area (Å²) in [7, 11) is 0. The predicted octanol–water partition coefficient (Wildman–Crippen LogP) is 3.14. The Morgan fingerprint density at radius 2 is 1.95 bits per heavy atom. The van der Waals surface area contributed by atoms with Crippen molar-refractivity contribution >= 4 is 17.3 Å². The van der Waals surface area contributed by atoms with Crippen LogP contribution >= 0.6 is 11.6 Å². The van der Waals surface area contributed by atoms with E-state index in [-0.39, 0.29) is 5.82 Å². The fourth-order valence-corrected chi connectivity index (χ4v) is 3.27. The van der Waals surface area contributed by atoms with E-state index in [0.29, 0.717) is 17.1 Å². The Bertz CT molecular complexity index is 622. The third-order valence-corrected chi connectivity index (χ3v) is 4.58. The van der Waals surface area contributed by atoms with Crippen molar-refractivity contribution in [1.29, 1.82) is 0 Å². The second-order valence-corrected chi connectivity index (χ2v) is 6.15. The van der Waals surface area contributed by atoms with Gasteiger partial charge in [-0.15, -0.1) is 0 Å². The van der Waals surface area contributed by atoms with E-state index < -0.39 is 0 Å². The molecule has 0 atom stereocenters. The minimum atomic E-state index is -0.226. The van der Waals surface area contributed by atoms with Gasteiger partial charge in [0.05, 0.1) is 17.1 Å². The highest BCUT2D eigenvalue weighted by molar-refractivity contribution is 6.31. The Balaban J connectivity index is 1.65. The molecule has 0 amide bonds. The number of aromatic nitrogens is 2. The van der Waals surface area contributed by atoms with Crippen molar-refractivity contribution in [2.45, 2.75) is 20.4 Å². The molecule has 1 aliphatic rings. The van der Waals surface area contributed by atoms with Gasteiger partial charge in [-0.1, -0.05) is 17.7 Å². The monoisotopic (exact) mass is 322 g/mol. The number of nitrogens with one attached hydrogen (secondary N) is 1. The first-order valence-electron chi connectivity index (χ1n) is 7.48.